The van der Waals surface area contributed by atoms with Crippen LogP contribution < -0.4 is 15.4 Å². The summed E-state index contributed by atoms with van der Waals surface area (Å²) in [6, 6.07) is 20.4. The van der Waals surface area contributed by atoms with Crippen LogP contribution in [0.1, 0.15) is 24.3 Å². The lowest BCUT2D eigenvalue weighted by molar-refractivity contribution is 0.0797. The van der Waals surface area contributed by atoms with Gasteiger partial charge in [0.15, 0.2) is 0 Å². The molecular formula is C23H23N3O2S. The van der Waals surface area contributed by atoms with Crippen molar-refractivity contribution in [3.63, 3.8) is 0 Å². The summed E-state index contributed by atoms with van der Waals surface area (Å²) in [4.78, 5) is 7.83. The molecule has 1 saturated heterocycles. The van der Waals surface area contributed by atoms with Crippen LogP contribution in [0.5, 0.6) is 11.6 Å². The summed E-state index contributed by atoms with van der Waals surface area (Å²) in [5, 5.41) is 0. The van der Waals surface area contributed by atoms with Crippen molar-refractivity contribution in [3.8, 4) is 11.6 Å². The molecule has 0 aliphatic carbocycles. The van der Waals surface area contributed by atoms with E-state index in [1.165, 1.54) is 4.90 Å². The number of rotatable bonds is 4. The number of hydrogen-bond donors (Lipinski definition) is 1. The third-order valence-corrected chi connectivity index (χ3v) is 6.41. The molecule has 0 spiro atoms. The van der Waals surface area contributed by atoms with Gasteiger partial charge < -0.3 is 20.1 Å². The lowest BCUT2D eigenvalue weighted by atomic mass is 9.94. The summed E-state index contributed by atoms with van der Waals surface area (Å²) < 4.78 is 11.8. The Morgan fingerprint density at radius 3 is 2.76 bits per heavy atom. The Balaban J connectivity index is 1.37. The van der Waals surface area contributed by atoms with E-state index >= 15 is 0 Å². The molecule has 6 heteroatoms. The zero-order valence-electron chi connectivity index (χ0n) is 16.0. The number of thioether (sulfide) groups is 1. The smallest absolute Gasteiger partial charge is 0.222 e. The number of hydrogen-bond acceptors (Lipinski definition) is 6. The highest BCUT2D eigenvalue weighted by Gasteiger charge is 2.28. The van der Waals surface area contributed by atoms with E-state index in [2.05, 4.69) is 28.1 Å². The van der Waals surface area contributed by atoms with Crippen LogP contribution in [0.2, 0.25) is 0 Å². The van der Waals surface area contributed by atoms with Crippen molar-refractivity contribution >= 4 is 23.1 Å². The number of anilines is 2. The van der Waals surface area contributed by atoms with E-state index in [4.69, 9.17) is 15.2 Å². The van der Waals surface area contributed by atoms with Crippen LogP contribution in [0, 0.1) is 0 Å². The SMILES string of the molecule is NC1Sc2ccccc2N1c1ccc(Oc2ncccc2C2CCCOC2)cc1. The molecule has 5 nitrogen and oxygen atoms in total. The van der Waals surface area contributed by atoms with Crippen LogP contribution in [0.4, 0.5) is 11.4 Å². The van der Waals surface area contributed by atoms with Crippen LogP contribution in [-0.4, -0.2) is 23.7 Å². The minimum Gasteiger partial charge on any atom is -0.439 e. The third kappa shape index (κ3) is 3.71. The number of ether oxygens (including phenoxy) is 2. The van der Waals surface area contributed by atoms with Crippen LogP contribution in [0.15, 0.2) is 71.8 Å². The summed E-state index contributed by atoms with van der Waals surface area (Å²) >= 11 is 1.67. The summed E-state index contributed by atoms with van der Waals surface area (Å²) in [6.45, 7) is 1.57. The normalized spacial score (nSPS) is 21.1. The molecule has 1 fully saturated rings. The van der Waals surface area contributed by atoms with Gasteiger partial charge in [-0.1, -0.05) is 30.0 Å². The fourth-order valence-corrected chi connectivity index (χ4v) is 4.98. The average Bonchev–Trinajstić information content (AvgIpc) is 3.11. The fourth-order valence-electron chi connectivity index (χ4n) is 3.93. The van der Waals surface area contributed by atoms with E-state index in [-0.39, 0.29) is 5.50 Å². The number of nitrogens with two attached hydrogens (primary N) is 1. The highest BCUT2D eigenvalue weighted by molar-refractivity contribution is 8.00. The maximum atomic E-state index is 6.36. The van der Waals surface area contributed by atoms with Gasteiger partial charge in [0, 0.05) is 34.9 Å². The van der Waals surface area contributed by atoms with Gasteiger partial charge in [0.05, 0.1) is 12.3 Å². The van der Waals surface area contributed by atoms with E-state index in [9.17, 15) is 0 Å². The van der Waals surface area contributed by atoms with Gasteiger partial charge in [-0.3, -0.25) is 0 Å². The second kappa shape index (κ2) is 8.06. The standard InChI is InChI=1S/C23H23N3O2S/c24-23-26(20-7-1-2-8-21(20)29-23)17-9-11-18(12-10-17)28-22-19(6-3-13-25-22)16-5-4-14-27-15-16/h1-3,6-13,16,23H,4-5,14-15,24H2. The van der Waals surface area contributed by atoms with E-state index < -0.39 is 0 Å². The molecule has 2 N–H and O–H groups in total. The van der Waals surface area contributed by atoms with Gasteiger partial charge in [0.2, 0.25) is 5.88 Å². The number of benzene rings is 2. The van der Waals surface area contributed by atoms with Gasteiger partial charge in [-0.25, -0.2) is 4.98 Å². The number of fused-ring (bicyclic) bond motifs is 1. The molecule has 1 aromatic heterocycles. The zero-order valence-corrected chi connectivity index (χ0v) is 16.8. The molecule has 3 heterocycles. The fraction of sp³-hybridized carbons (Fsp3) is 0.261. The molecule has 2 unspecified atom stereocenters. The summed E-state index contributed by atoms with van der Waals surface area (Å²) in [5.74, 6) is 1.76. The molecule has 29 heavy (non-hydrogen) atoms. The first kappa shape index (κ1) is 18.5. The van der Waals surface area contributed by atoms with Gasteiger partial charge in [-0.05, 0) is 55.3 Å². The number of pyridine rings is 1. The van der Waals surface area contributed by atoms with Crippen molar-refractivity contribution in [3.05, 3.63) is 72.4 Å². The lowest BCUT2D eigenvalue weighted by Gasteiger charge is -2.24. The Kier molecular flexibility index (Phi) is 5.14. The van der Waals surface area contributed by atoms with Gasteiger partial charge in [-0.15, -0.1) is 0 Å². The average molecular weight is 406 g/mol. The first-order valence-electron chi connectivity index (χ1n) is 9.91. The minimum atomic E-state index is -0.132. The molecule has 0 bridgehead atoms. The van der Waals surface area contributed by atoms with Gasteiger partial charge in [-0.2, -0.15) is 0 Å². The zero-order chi connectivity index (χ0) is 19.6. The van der Waals surface area contributed by atoms with E-state index in [1.54, 1.807) is 18.0 Å². The summed E-state index contributed by atoms with van der Waals surface area (Å²) in [5.41, 5.74) is 9.53. The molecule has 2 aliphatic rings. The maximum absolute atomic E-state index is 6.36. The lowest BCUT2D eigenvalue weighted by Crippen LogP contribution is -2.31. The largest absolute Gasteiger partial charge is 0.439 e. The predicted molar refractivity (Wildman–Crippen MR) is 116 cm³/mol. The van der Waals surface area contributed by atoms with Crippen molar-refractivity contribution in [1.82, 2.24) is 4.98 Å². The monoisotopic (exact) mass is 405 g/mol. The molecule has 2 aromatic carbocycles. The molecule has 0 saturated carbocycles. The second-order valence-corrected chi connectivity index (χ2v) is 8.41. The molecule has 0 amide bonds. The Morgan fingerprint density at radius 1 is 1.07 bits per heavy atom. The molecule has 148 valence electrons. The Hall–Kier alpha value is -2.54. The Bertz CT molecular complexity index is 989. The van der Waals surface area contributed by atoms with Crippen LogP contribution in [0.25, 0.3) is 0 Å². The number of aromatic nitrogens is 1. The molecule has 0 radical (unpaired) electrons. The third-order valence-electron chi connectivity index (χ3n) is 5.36. The van der Waals surface area contributed by atoms with Crippen molar-refractivity contribution in [2.45, 2.75) is 29.2 Å². The molecular weight excluding hydrogens is 382 g/mol. The van der Waals surface area contributed by atoms with Crippen molar-refractivity contribution in [2.75, 3.05) is 18.1 Å². The van der Waals surface area contributed by atoms with Crippen molar-refractivity contribution < 1.29 is 9.47 Å². The van der Waals surface area contributed by atoms with Crippen LogP contribution >= 0.6 is 11.8 Å². The topological polar surface area (TPSA) is 60.6 Å². The number of para-hydroxylation sites is 1. The first-order chi connectivity index (χ1) is 14.3. The maximum Gasteiger partial charge on any atom is 0.222 e. The summed E-state index contributed by atoms with van der Waals surface area (Å²) in [7, 11) is 0. The number of nitrogens with zero attached hydrogens (tertiary/aromatic N) is 2. The first-order valence-corrected chi connectivity index (χ1v) is 10.8. The predicted octanol–water partition coefficient (Wildman–Crippen LogP) is 5.25. The van der Waals surface area contributed by atoms with Gasteiger partial charge in [0.1, 0.15) is 11.2 Å². The minimum absolute atomic E-state index is 0.132. The highest BCUT2D eigenvalue weighted by atomic mass is 32.2. The van der Waals surface area contributed by atoms with E-state index in [0.29, 0.717) is 11.8 Å². The van der Waals surface area contributed by atoms with E-state index in [1.807, 2.05) is 42.5 Å². The van der Waals surface area contributed by atoms with Gasteiger partial charge in [0.25, 0.3) is 0 Å². The van der Waals surface area contributed by atoms with Crippen LogP contribution in [0.3, 0.4) is 0 Å². The van der Waals surface area contributed by atoms with Crippen molar-refractivity contribution in [2.24, 2.45) is 5.73 Å². The molecule has 2 atom stereocenters. The second-order valence-electron chi connectivity index (χ2n) is 7.25. The van der Waals surface area contributed by atoms with E-state index in [0.717, 1.165) is 48.7 Å². The van der Waals surface area contributed by atoms with Crippen LogP contribution in [-0.2, 0) is 4.74 Å². The van der Waals surface area contributed by atoms with Crippen molar-refractivity contribution in [1.29, 1.82) is 0 Å². The molecule has 3 aromatic rings. The molecule has 2 aliphatic heterocycles. The Morgan fingerprint density at radius 2 is 1.93 bits per heavy atom. The Labute approximate surface area is 174 Å². The quantitative estimate of drug-likeness (QED) is 0.639. The molecule has 5 rings (SSSR count). The summed E-state index contributed by atoms with van der Waals surface area (Å²) in [6.07, 6.45) is 3.95. The van der Waals surface area contributed by atoms with Gasteiger partial charge >= 0.3 is 0 Å². The highest BCUT2D eigenvalue weighted by Crippen LogP contribution is 2.45.